The maximum atomic E-state index is 9.45. The summed E-state index contributed by atoms with van der Waals surface area (Å²) in [7, 11) is 1.55. The van der Waals surface area contributed by atoms with Gasteiger partial charge in [-0.25, -0.2) is 0 Å². The van der Waals surface area contributed by atoms with Gasteiger partial charge in [-0.3, -0.25) is 0 Å². The van der Waals surface area contributed by atoms with Crippen molar-refractivity contribution < 1.29 is 9.47 Å². The number of ether oxygens (including phenoxy) is 2. The lowest BCUT2D eigenvalue weighted by Crippen LogP contribution is -1.97. The second-order valence-electron chi connectivity index (χ2n) is 4.69. The van der Waals surface area contributed by atoms with Gasteiger partial charge in [0.25, 0.3) is 0 Å². The van der Waals surface area contributed by atoms with Crippen LogP contribution in [0.2, 0.25) is 5.02 Å². The Bertz CT molecular complexity index is 845. The molecule has 120 valence electrons. The normalized spacial score (nSPS) is 10.6. The molecule has 2 aromatic rings. The summed E-state index contributed by atoms with van der Waals surface area (Å²) in [6, 6.07) is 12.8. The highest BCUT2D eigenvalue weighted by Crippen LogP contribution is 2.35. The number of allylic oxidation sites excluding steroid dienone is 1. The van der Waals surface area contributed by atoms with E-state index in [0.717, 1.165) is 15.6 Å². The maximum Gasteiger partial charge on any atom is 0.163 e. The fraction of sp³-hybridized carbons (Fsp3) is 0.105. The summed E-state index contributed by atoms with van der Waals surface area (Å²) in [6.45, 7) is 0.145. The molecule has 0 fully saturated rings. The molecular formula is C19H13BrClNO2. The molecule has 0 aromatic heterocycles. The molecule has 0 amide bonds. The van der Waals surface area contributed by atoms with Gasteiger partial charge >= 0.3 is 0 Å². The summed E-state index contributed by atoms with van der Waals surface area (Å²) < 4.78 is 11.5. The van der Waals surface area contributed by atoms with E-state index in [9.17, 15) is 5.26 Å². The van der Waals surface area contributed by atoms with Gasteiger partial charge < -0.3 is 9.47 Å². The molecule has 3 nitrogen and oxygen atoms in total. The van der Waals surface area contributed by atoms with Gasteiger partial charge in [-0.2, -0.15) is 5.26 Å². The van der Waals surface area contributed by atoms with Crippen LogP contribution in [0.3, 0.4) is 0 Å². The summed E-state index contributed by atoms with van der Waals surface area (Å²) in [5.41, 5.74) is 2.07. The number of hydrogen-bond acceptors (Lipinski definition) is 3. The van der Waals surface area contributed by atoms with E-state index < -0.39 is 0 Å². The van der Waals surface area contributed by atoms with Gasteiger partial charge in [0.1, 0.15) is 6.61 Å². The van der Waals surface area contributed by atoms with Gasteiger partial charge in [-0.1, -0.05) is 45.6 Å². The zero-order chi connectivity index (χ0) is 17.5. The topological polar surface area (TPSA) is 42.2 Å². The minimum absolute atomic E-state index is 0.145. The molecule has 24 heavy (non-hydrogen) atoms. The average molecular weight is 403 g/mol. The molecule has 0 aliphatic rings. The SMILES string of the molecule is C#CCOc1cc(Br)c(C=C(C#N)c2ccc(Cl)cc2)cc1OC. The highest BCUT2D eigenvalue weighted by molar-refractivity contribution is 9.10. The zero-order valence-electron chi connectivity index (χ0n) is 12.8. The fourth-order valence-electron chi connectivity index (χ4n) is 2.02. The van der Waals surface area contributed by atoms with Gasteiger partial charge in [0.2, 0.25) is 0 Å². The molecule has 0 atom stereocenters. The van der Waals surface area contributed by atoms with Crippen molar-refractivity contribution in [1.29, 1.82) is 5.26 Å². The van der Waals surface area contributed by atoms with E-state index in [0.29, 0.717) is 22.1 Å². The maximum absolute atomic E-state index is 9.45. The standard InChI is InChI=1S/C19H13BrClNO2/c1-3-8-24-19-11-17(20)14(10-18(19)23-2)9-15(12-22)13-4-6-16(21)7-5-13/h1,4-7,9-11H,8H2,2H3. The summed E-state index contributed by atoms with van der Waals surface area (Å²) in [6.07, 6.45) is 6.98. The summed E-state index contributed by atoms with van der Waals surface area (Å²) in [5, 5.41) is 10.1. The Morgan fingerprint density at radius 2 is 2.00 bits per heavy atom. The van der Waals surface area contributed by atoms with E-state index in [1.165, 1.54) is 0 Å². The molecule has 0 heterocycles. The van der Waals surface area contributed by atoms with Crippen LogP contribution >= 0.6 is 27.5 Å². The zero-order valence-corrected chi connectivity index (χ0v) is 15.2. The monoisotopic (exact) mass is 401 g/mol. The predicted octanol–water partition coefficient (Wildman–Crippen LogP) is 5.19. The summed E-state index contributed by atoms with van der Waals surface area (Å²) >= 11 is 9.37. The van der Waals surface area contributed by atoms with Crippen molar-refractivity contribution in [3.05, 3.63) is 57.0 Å². The molecule has 2 rings (SSSR count). The van der Waals surface area contributed by atoms with Crippen LogP contribution in [0, 0.1) is 23.7 Å². The number of hydrogen-bond donors (Lipinski definition) is 0. The number of benzene rings is 2. The lowest BCUT2D eigenvalue weighted by atomic mass is 10.0. The molecular weight excluding hydrogens is 390 g/mol. The molecule has 0 aliphatic heterocycles. The lowest BCUT2D eigenvalue weighted by Gasteiger charge is -2.11. The number of halogens is 2. The minimum atomic E-state index is 0.145. The van der Waals surface area contributed by atoms with Crippen molar-refractivity contribution in [2.45, 2.75) is 0 Å². The Kier molecular flexibility index (Phi) is 6.32. The first kappa shape index (κ1) is 17.9. The van der Waals surface area contributed by atoms with Crippen LogP contribution in [0.4, 0.5) is 0 Å². The first-order valence-corrected chi connectivity index (χ1v) is 8.07. The Morgan fingerprint density at radius 1 is 1.29 bits per heavy atom. The lowest BCUT2D eigenvalue weighted by molar-refractivity contribution is 0.330. The minimum Gasteiger partial charge on any atom is -0.493 e. The van der Waals surface area contributed by atoms with Gasteiger partial charge in [-0.05, 0) is 41.5 Å². The van der Waals surface area contributed by atoms with Gasteiger partial charge in [-0.15, -0.1) is 6.42 Å². The van der Waals surface area contributed by atoms with Gasteiger partial charge in [0.05, 0.1) is 18.8 Å². The highest BCUT2D eigenvalue weighted by atomic mass is 79.9. The molecule has 2 aromatic carbocycles. The number of nitriles is 1. The predicted molar refractivity (Wildman–Crippen MR) is 100.0 cm³/mol. The highest BCUT2D eigenvalue weighted by Gasteiger charge is 2.10. The molecule has 0 aliphatic carbocycles. The first-order valence-electron chi connectivity index (χ1n) is 6.90. The van der Waals surface area contributed by atoms with Crippen molar-refractivity contribution in [3.8, 4) is 29.9 Å². The Morgan fingerprint density at radius 3 is 2.58 bits per heavy atom. The van der Waals surface area contributed by atoms with Crippen LogP contribution in [-0.4, -0.2) is 13.7 Å². The molecule has 0 unspecified atom stereocenters. The van der Waals surface area contributed by atoms with Crippen molar-refractivity contribution in [2.24, 2.45) is 0 Å². The molecule has 0 bridgehead atoms. The Labute approximate surface area is 154 Å². The summed E-state index contributed by atoms with van der Waals surface area (Å²) in [4.78, 5) is 0. The van der Waals surface area contributed by atoms with Crippen molar-refractivity contribution >= 4 is 39.2 Å². The van der Waals surface area contributed by atoms with Crippen LogP contribution in [0.15, 0.2) is 40.9 Å². The van der Waals surface area contributed by atoms with Crippen LogP contribution in [-0.2, 0) is 0 Å². The molecule has 0 saturated heterocycles. The van der Waals surface area contributed by atoms with E-state index in [1.807, 2.05) is 0 Å². The number of methoxy groups -OCH3 is 1. The van der Waals surface area contributed by atoms with Gasteiger partial charge in [0, 0.05) is 9.50 Å². The largest absolute Gasteiger partial charge is 0.493 e. The molecule has 5 heteroatoms. The summed E-state index contributed by atoms with van der Waals surface area (Å²) in [5.74, 6) is 3.48. The fourth-order valence-corrected chi connectivity index (χ4v) is 2.58. The molecule has 0 saturated carbocycles. The second-order valence-corrected chi connectivity index (χ2v) is 5.98. The van der Waals surface area contributed by atoms with E-state index >= 15 is 0 Å². The number of nitrogens with zero attached hydrogens (tertiary/aromatic N) is 1. The van der Waals surface area contributed by atoms with Crippen LogP contribution in [0.5, 0.6) is 11.5 Å². The van der Waals surface area contributed by atoms with Crippen molar-refractivity contribution in [3.63, 3.8) is 0 Å². The van der Waals surface area contributed by atoms with Crippen LogP contribution < -0.4 is 9.47 Å². The second kappa shape index (κ2) is 8.45. The van der Waals surface area contributed by atoms with Crippen molar-refractivity contribution in [2.75, 3.05) is 13.7 Å². The quantitative estimate of drug-likeness (QED) is 0.393. The average Bonchev–Trinajstić information content (AvgIpc) is 2.60. The van der Waals surface area contributed by atoms with E-state index in [-0.39, 0.29) is 6.61 Å². The van der Waals surface area contributed by atoms with Gasteiger partial charge in [0.15, 0.2) is 11.5 Å². The van der Waals surface area contributed by atoms with E-state index in [2.05, 4.69) is 27.9 Å². The number of rotatable bonds is 5. The van der Waals surface area contributed by atoms with Crippen molar-refractivity contribution in [1.82, 2.24) is 0 Å². The third kappa shape index (κ3) is 4.32. The molecule has 0 N–H and O–H groups in total. The molecule has 0 radical (unpaired) electrons. The first-order chi connectivity index (χ1) is 11.6. The Hall–Kier alpha value is -2.40. The Balaban J connectivity index is 2.45. The molecule has 0 spiro atoms. The van der Waals surface area contributed by atoms with E-state index in [1.54, 1.807) is 49.6 Å². The third-order valence-corrected chi connectivity index (χ3v) is 4.11. The number of terminal acetylenes is 1. The smallest absolute Gasteiger partial charge is 0.163 e. The van der Waals surface area contributed by atoms with Crippen LogP contribution in [0.1, 0.15) is 11.1 Å². The van der Waals surface area contributed by atoms with Crippen LogP contribution in [0.25, 0.3) is 11.6 Å². The third-order valence-electron chi connectivity index (χ3n) is 3.17. The van der Waals surface area contributed by atoms with E-state index in [4.69, 9.17) is 27.5 Å².